The van der Waals surface area contributed by atoms with Crippen LogP contribution in [0, 0.1) is 17.7 Å². The third kappa shape index (κ3) is 3.32. The van der Waals surface area contributed by atoms with Crippen molar-refractivity contribution in [3.63, 3.8) is 0 Å². The summed E-state index contributed by atoms with van der Waals surface area (Å²) in [6.45, 7) is 3.38. The van der Waals surface area contributed by atoms with Crippen molar-refractivity contribution >= 4 is 17.2 Å². The van der Waals surface area contributed by atoms with E-state index in [4.69, 9.17) is 0 Å². The number of fused-ring (bicyclic) bond motifs is 1. The minimum Gasteiger partial charge on any atom is -0.338 e. The topological polar surface area (TPSA) is 23.6 Å². The van der Waals surface area contributed by atoms with Gasteiger partial charge in [0.1, 0.15) is 5.82 Å². The fraction of sp³-hybridized carbons (Fsp3) is 0.500. The molecule has 5 rings (SSSR count). The quantitative estimate of drug-likeness (QED) is 0.792. The maximum atomic E-state index is 14.1. The van der Waals surface area contributed by atoms with E-state index in [-0.39, 0.29) is 11.7 Å². The molecule has 2 aliphatic heterocycles. The molecule has 0 radical (unpaired) electrons. The second-order valence-corrected chi connectivity index (χ2v) is 9.05. The molecule has 2 saturated heterocycles. The Morgan fingerprint density at radius 3 is 2.74 bits per heavy atom. The van der Waals surface area contributed by atoms with Gasteiger partial charge in [-0.3, -0.25) is 9.69 Å². The van der Waals surface area contributed by atoms with E-state index < -0.39 is 0 Å². The smallest absolute Gasteiger partial charge is 0.225 e. The third-order valence-electron chi connectivity index (χ3n) is 6.55. The van der Waals surface area contributed by atoms with Gasteiger partial charge in [-0.1, -0.05) is 18.2 Å². The van der Waals surface area contributed by atoms with Gasteiger partial charge in [-0.05, 0) is 47.7 Å². The van der Waals surface area contributed by atoms with Gasteiger partial charge in [0.2, 0.25) is 5.91 Å². The predicted octanol–water partition coefficient (Wildman–Crippen LogP) is 4.11. The van der Waals surface area contributed by atoms with Crippen molar-refractivity contribution in [1.29, 1.82) is 0 Å². The molecule has 3 aliphatic rings. The van der Waals surface area contributed by atoms with Crippen LogP contribution in [0.25, 0.3) is 0 Å². The Labute approximate surface area is 163 Å². The first-order chi connectivity index (χ1) is 13.2. The Morgan fingerprint density at radius 1 is 1.15 bits per heavy atom. The zero-order valence-electron chi connectivity index (χ0n) is 15.4. The molecule has 1 aliphatic carbocycles. The van der Waals surface area contributed by atoms with Crippen LogP contribution >= 0.6 is 11.3 Å². The fourth-order valence-corrected chi connectivity index (χ4v) is 5.70. The van der Waals surface area contributed by atoms with E-state index in [1.807, 2.05) is 12.1 Å². The molecule has 5 heteroatoms. The summed E-state index contributed by atoms with van der Waals surface area (Å²) < 4.78 is 14.1. The van der Waals surface area contributed by atoms with Gasteiger partial charge in [0.15, 0.2) is 0 Å². The van der Waals surface area contributed by atoms with Crippen LogP contribution in [0.5, 0.6) is 0 Å². The molecule has 1 aromatic carbocycles. The van der Waals surface area contributed by atoms with E-state index in [9.17, 15) is 9.18 Å². The van der Waals surface area contributed by atoms with Gasteiger partial charge >= 0.3 is 0 Å². The van der Waals surface area contributed by atoms with E-state index in [1.165, 1.54) is 5.56 Å². The Balaban J connectivity index is 1.37. The average molecular weight is 385 g/mol. The number of carbonyl (C=O) groups is 1. The first-order valence-electron chi connectivity index (χ1n) is 9.99. The molecule has 1 aromatic heterocycles. The number of nitrogens with zero attached hydrogens (tertiary/aromatic N) is 2. The zero-order chi connectivity index (χ0) is 18.4. The van der Waals surface area contributed by atoms with Gasteiger partial charge in [0, 0.05) is 55.5 Å². The number of benzene rings is 1. The van der Waals surface area contributed by atoms with Crippen LogP contribution in [0.4, 0.5) is 4.39 Å². The molecule has 0 N–H and O–H groups in total. The number of hydrogen-bond donors (Lipinski definition) is 0. The van der Waals surface area contributed by atoms with Gasteiger partial charge in [-0.15, -0.1) is 0 Å². The highest BCUT2D eigenvalue weighted by molar-refractivity contribution is 7.08. The average Bonchev–Trinajstić information content (AvgIpc) is 3.26. The molecule has 1 saturated carbocycles. The van der Waals surface area contributed by atoms with Gasteiger partial charge in [0.25, 0.3) is 0 Å². The zero-order valence-corrected chi connectivity index (χ0v) is 16.2. The molecule has 27 heavy (non-hydrogen) atoms. The first-order valence-corrected chi connectivity index (χ1v) is 10.9. The molecular formula is C22H25FN2OS. The lowest BCUT2D eigenvalue weighted by molar-refractivity contribution is -0.134. The van der Waals surface area contributed by atoms with Crippen molar-refractivity contribution in [3.8, 4) is 0 Å². The van der Waals surface area contributed by atoms with Crippen molar-refractivity contribution in [2.24, 2.45) is 11.8 Å². The molecule has 3 atom stereocenters. The minimum atomic E-state index is -0.119. The summed E-state index contributed by atoms with van der Waals surface area (Å²) in [7, 11) is 0. The molecule has 0 spiro atoms. The third-order valence-corrected chi connectivity index (χ3v) is 7.25. The summed E-state index contributed by atoms with van der Waals surface area (Å²) in [5.41, 5.74) is 2.14. The van der Waals surface area contributed by atoms with Gasteiger partial charge < -0.3 is 4.90 Å². The second kappa shape index (κ2) is 7.02. The van der Waals surface area contributed by atoms with Gasteiger partial charge in [-0.2, -0.15) is 11.3 Å². The SMILES string of the molecule is O=C(C1CC1)N1C[C@@H](c2ccsc2)[C@@H]2CN(Cc3ccccc3F)CC[C@@H]21. The van der Waals surface area contributed by atoms with E-state index in [2.05, 4.69) is 26.6 Å². The molecule has 142 valence electrons. The van der Waals surface area contributed by atoms with E-state index >= 15 is 0 Å². The molecule has 0 bridgehead atoms. The standard InChI is InChI=1S/C22H25FN2OS/c23-20-4-2-1-3-16(20)11-24-9-7-21-19(12-24)18(17-8-10-27-14-17)13-25(21)22(26)15-5-6-15/h1-4,8,10,14-15,18-19,21H,5-7,9,11-13H2/t18-,19-,21-/m0/s1. The molecule has 3 heterocycles. The fourth-order valence-electron chi connectivity index (χ4n) is 4.97. The number of rotatable bonds is 4. The number of amides is 1. The van der Waals surface area contributed by atoms with Crippen molar-refractivity contribution in [2.45, 2.75) is 37.8 Å². The highest BCUT2D eigenvalue weighted by Gasteiger charge is 2.49. The predicted molar refractivity (Wildman–Crippen MR) is 105 cm³/mol. The number of likely N-dealkylation sites (tertiary alicyclic amines) is 2. The lowest BCUT2D eigenvalue weighted by atomic mass is 9.82. The number of carbonyl (C=O) groups excluding carboxylic acids is 1. The normalized spacial score (nSPS) is 28.3. The first kappa shape index (κ1) is 17.4. The summed E-state index contributed by atoms with van der Waals surface area (Å²) >= 11 is 1.73. The minimum absolute atomic E-state index is 0.119. The number of halogens is 1. The van der Waals surface area contributed by atoms with Crippen LogP contribution in [0.3, 0.4) is 0 Å². The molecule has 3 fully saturated rings. The number of hydrogen-bond acceptors (Lipinski definition) is 3. The molecule has 3 nitrogen and oxygen atoms in total. The second-order valence-electron chi connectivity index (χ2n) is 8.27. The molecule has 1 amide bonds. The van der Waals surface area contributed by atoms with Crippen LogP contribution in [-0.2, 0) is 11.3 Å². The Bertz CT molecular complexity index is 819. The Morgan fingerprint density at radius 2 is 2.00 bits per heavy atom. The van der Waals surface area contributed by atoms with Gasteiger partial charge in [-0.25, -0.2) is 4.39 Å². The highest BCUT2D eigenvalue weighted by atomic mass is 32.1. The van der Waals surface area contributed by atoms with Crippen LogP contribution < -0.4 is 0 Å². The van der Waals surface area contributed by atoms with E-state index in [1.54, 1.807) is 23.5 Å². The van der Waals surface area contributed by atoms with Crippen molar-refractivity contribution in [2.75, 3.05) is 19.6 Å². The summed E-state index contributed by atoms with van der Waals surface area (Å²) in [5, 5.41) is 4.37. The number of piperidine rings is 1. The Kier molecular flexibility index (Phi) is 4.52. The summed E-state index contributed by atoms with van der Waals surface area (Å²) in [6.07, 6.45) is 3.13. The van der Waals surface area contributed by atoms with Crippen molar-refractivity contribution < 1.29 is 9.18 Å². The lowest BCUT2D eigenvalue weighted by Gasteiger charge is -2.39. The largest absolute Gasteiger partial charge is 0.338 e. The van der Waals surface area contributed by atoms with E-state index in [0.717, 1.165) is 44.5 Å². The van der Waals surface area contributed by atoms with Crippen molar-refractivity contribution in [1.82, 2.24) is 9.80 Å². The number of thiophene rings is 1. The molecular weight excluding hydrogens is 359 g/mol. The Hall–Kier alpha value is -1.72. The molecule has 0 unspecified atom stereocenters. The summed E-state index contributed by atoms with van der Waals surface area (Å²) in [5.74, 6) is 1.40. The summed E-state index contributed by atoms with van der Waals surface area (Å²) in [6, 6.07) is 9.64. The van der Waals surface area contributed by atoms with Crippen LogP contribution in [-0.4, -0.2) is 41.4 Å². The van der Waals surface area contributed by atoms with Crippen molar-refractivity contribution in [3.05, 3.63) is 58.0 Å². The highest BCUT2D eigenvalue weighted by Crippen LogP contribution is 2.44. The van der Waals surface area contributed by atoms with Gasteiger partial charge in [0.05, 0.1) is 0 Å². The summed E-state index contributed by atoms with van der Waals surface area (Å²) in [4.78, 5) is 17.4. The maximum absolute atomic E-state index is 14.1. The maximum Gasteiger partial charge on any atom is 0.225 e. The van der Waals surface area contributed by atoms with E-state index in [0.29, 0.717) is 30.3 Å². The molecule has 2 aromatic rings. The van der Waals surface area contributed by atoms with Crippen LogP contribution in [0.1, 0.15) is 36.3 Å². The lowest BCUT2D eigenvalue weighted by Crippen LogP contribution is -2.48. The van der Waals surface area contributed by atoms with Crippen LogP contribution in [0.2, 0.25) is 0 Å². The monoisotopic (exact) mass is 384 g/mol. The van der Waals surface area contributed by atoms with Crippen LogP contribution in [0.15, 0.2) is 41.1 Å².